The predicted octanol–water partition coefficient (Wildman–Crippen LogP) is 2.19. The Morgan fingerprint density at radius 2 is 2.20 bits per heavy atom. The van der Waals surface area contributed by atoms with E-state index in [-0.39, 0.29) is 0 Å². The molecule has 0 atom stereocenters. The van der Waals surface area contributed by atoms with Crippen molar-refractivity contribution in [3.05, 3.63) is 29.7 Å². The molecule has 0 amide bonds. The van der Waals surface area contributed by atoms with E-state index in [1.54, 1.807) is 0 Å². The fourth-order valence-corrected chi connectivity index (χ4v) is 1.40. The van der Waals surface area contributed by atoms with Gasteiger partial charge in [0, 0.05) is 17.7 Å². The standard InChI is InChI=1S/C11H13N3O/c1-3-10-13-11(14-15-10)8-5-4-6-9(12)7(8)2/h4-6H,3,12H2,1-2H3. The van der Waals surface area contributed by atoms with Gasteiger partial charge in [-0.3, -0.25) is 0 Å². The van der Waals surface area contributed by atoms with Gasteiger partial charge in [0.05, 0.1) is 0 Å². The number of hydrogen-bond donors (Lipinski definition) is 1. The Balaban J connectivity index is 2.49. The smallest absolute Gasteiger partial charge is 0.226 e. The van der Waals surface area contributed by atoms with Crippen molar-refractivity contribution < 1.29 is 4.52 Å². The Hall–Kier alpha value is -1.84. The Morgan fingerprint density at radius 1 is 1.40 bits per heavy atom. The number of hydrogen-bond acceptors (Lipinski definition) is 4. The molecule has 2 rings (SSSR count). The van der Waals surface area contributed by atoms with Gasteiger partial charge in [-0.25, -0.2) is 0 Å². The van der Waals surface area contributed by atoms with Crippen LogP contribution in [-0.2, 0) is 6.42 Å². The van der Waals surface area contributed by atoms with Crippen molar-refractivity contribution in [2.45, 2.75) is 20.3 Å². The first-order valence-corrected chi connectivity index (χ1v) is 4.90. The average Bonchev–Trinajstić information content (AvgIpc) is 2.70. The van der Waals surface area contributed by atoms with E-state index in [1.165, 1.54) is 0 Å². The lowest BCUT2D eigenvalue weighted by molar-refractivity contribution is 0.383. The number of aromatic nitrogens is 2. The Kier molecular flexibility index (Phi) is 2.41. The van der Waals surface area contributed by atoms with E-state index in [4.69, 9.17) is 10.3 Å². The highest BCUT2D eigenvalue weighted by molar-refractivity contribution is 5.67. The number of rotatable bonds is 2. The van der Waals surface area contributed by atoms with Crippen LogP contribution < -0.4 is 5.73 Å². The van der Waals surface area contributed by atoms with Crippen LogP contribution in [0.2, 0.25) is 0 Å². The van der Waals surface area contributed by atoms with E-state index in [2.05, 4.69) is 10.1 Å². The summed E-state index contributed by atoms with van der Waals surface area (Å²) in [5, 5.41) is 3.92. The molecule has 0 fully saturated rings. The second-order valence-corrected chi connectivity index (χ2v) is 3.39. The van der Waals surface area contributed by atoms with Crippen LogP contribution in [0.4, 0.5) is 5.69 Å². The molecule has 78 valence electrons. The van der Waals surface area contributed by atoms with Crippen molar-refractivity contribution in [3.63, 3.8) is 0 Å². The minimum atomic E-state index is 0.608. The SMILES string of the molecule is CCc1nc(-c2cccc(N)c2C)no1. The topological polar surface area (TPSA) is 64.9 Å². The van der Waals surface area contributed by atoms with Crippen LogP contribution in [0.1, 0.15) is 18.4 Å². The lowest BCUT2D eigenvalue weighted by atomic mass is 10.1. The maximum absolute atomic E-state index is 5.81. The van der Waals surface area contributed by atoms with Crippen molar-refractivity contribution in [1.29, 1.82) is 0 Å². The molecule has 0 saturated carbocycles. The van der Waals surface area contributed by atoms with Crippen LogP contribution in [0.5, 0.6) is 0 Å². The summed E-state index contributed by atoms with van der Waals surface area (Å²) in [5.74, 6) is 1.25. The van der Waals surface area contributed by atoms with Crippen molar-refractivity contribution in [3.8, 4) is 11.4 Å². The molecule has 0 aliphatic heterocycles. The number of nitrogens with zero attached hydrogens (tertiary/aromatic N) is 2. The number of nitrogen functional groups attached to an aromatic ring is 1. The summed E-state index contributed by atoms with van der Waals surface area (Å²) in [4.78, 5) is 4.27. The first-order chi connectivity index (χ1) is 7.22. The number of nitrogens with two attached hydrogens (primary N) is 1. The summed E-state index contributed by atoms with van der Waals surface area (Å²) in [6.07, 6.45) is 0.744. The molecule has 0 radical (unpaired) electrons. The first kappa shape index (κ1) is 9.71. The van der Waals surface area contributed by atoms with Gasteiger partial charge in [0.25, 0.3) is 0 Å². The Bertz CT molecular complexity index is 476. The van der Waals surface area contributed by atoms with E-state index < -0.39 is 0 Å². The van der Waals surface area contributed by atoms with Crippen LogP contribution in [0.25, 0.3) is 11.4 Å². The first-order valence-electron chi connectivity index (χ1n) is 4.90. The molecule has 0 aliphatic rings. The van der Waals surface area contributed by atoms with Gasteiger partial charge in [-0.15, -0.1) is 0 Å². The maximum Gasteiger partial charge on any atom is 0.226 e. The molecule has 1 aromatic carbocycles. The highest BCUT2D eigenvalue weighted by Gasteiger charge is 2.10. The Morgan fingerprint density at radius 3 is 2.87 bits per heavy atom. The highest BCUT2D eigenvalue weighted by Crippen LogP contribution is 2.24. The third-order valence-corrected chi connectivity index (χ3v) is 2.39. The summed E-state index contributed by atoms with van der Waals surface area (Å²) in [5.41, 5.74) is 8.47. The van der Waals surface area contributed by atoms with Crippen LogP contribution >= 0.6 is 0 Å². The van der Waals surface area contributed by atoms with Crippen molar-refractivity contribution >= 4 is 5.69 Å². The summed E-state index contributed by atoms with van der Waals surface area (Å²) in [6, 6.07) is 5.69. The fourth-order valence-electron chi connectivity index (χ4n) is 1.40. The van der Waals surface area contributed by atoms with Crippen LogP contribution in [0, 0.1) is 6.92 Å². The molecule has 4 nitrogen and oxygen atoms in total. The molecular weight excluding hydrogens is 190 g/mol. The maximum atomic E-state index is 5.81. The number of benzene rings is 1. The third-order valence-electron chi connectivity index (χ3n) is 2.39. The fraction of sp³-hybridized carbons (Fsp3) is 0.273. The van der Waals surface area contributed by atoms with E-state index in [9.17, 15) is 0 Å². The molecule has 2 aromatic rings. The second kappa shape index (κ2) is 3.73. The van der Waals surface area contributed by atoms with Gasteiger partial charge in [0.1, 0.15) is 0 Å². The van der Waals surface area contributed by atoms with Crippen LogP contribution in [0.15, 0.2) is 22.7 Å². The lowest BCUT2D eigenvalue weighted by Gasteiger charge is -2.03. The number of aryl methyl sites for hydroxylation is 1. The van der Waals surface area contributed by atoms with Crippen LogP contribution in [-0.4, -0.2) is 10.1 Å². The monoisotopic (exact) mass is 203 g/mol. The van der Waals surface area contributed by atoms with Gasteiger partial charge in [-0.2, -0.15) is 4.98 Å². The largest absolute Gasteiger partial charge is 0.398 e. The van der Waals surface area contributed by atoms with E-state index in [0.717, 1.165) is 23.2 Å². The van der Waals surface area contributed by atoms with E-state index in [0.29, 0.717) is 11.7 Å². The minimum absolute atomic E-state index is 0.608. The molecule has 15 heavy (non-hydrogen) atoms. The predicted molar refractivity (Wildman–Crippen MR) is 58.3 cm³/mol. The molecule has 0 spiro atoms. The molecule has 2 N–H and O–H groups in total. The normalized spacial score (nSPS) is 10.5. The van der Waals surface area contributed by atoms with Gasteiger partial charge in [0.2, 0.25) is 11.7 Å². The third kappa shape index (κ3) is 1.70. The summed E-state index contributed by atoms with van der Waals surface area (Å²) in [6.45, 7) is 3.93. The van der Waals surface area contributed by atoms with Gasteiger partial charge in [-0.1, -0.05) is 24.2 Å². The molecule has 1 aromatic heterocycles. The van der Waals surface area contributed by atoms with Crippen molar-refractivity contribution in [1.82, 2.24) is 10.1 Å². The Labute approximate surface area is 88.1 Å². The van der Waals surface area contributed by atoms with E-state index in [1.807, 2.05) is 32.0 Å². The van der Waals surface area contributed by atoms with Gasteiger partial charge in [-0.05, 0) is 18.6 Å². The highest BCUT2D eigenvalue weighted by atomic mass is 16.5. The molecule has 0 aliphatic carbocycles. The zero-order chi connectivity index (χ0) is 10.8. The lowest BCUT2D eigenvalue weighted by Crippen LogP contribution is -1.93. The van der Waals surface area contributed by atoms with Crippen molar-refractivity contribution in [2.75, 3.05) is 5.73 Å². The minimum Gasteiger partial charge on any atom is -0.398 e. The average molecular weight is 203 g/mol. The second-order valence-electron chi connectivity index (χ2n) is 3.39. The zero-order valence-corrected chi connectivity index (χ0v) is 8.82. The molecule has 1 heterocycles. The molecule has 4 heteroatoms. The number of anilines is 1. The van der Waals surface area contributed by atoms with Gasteiger partial charge >= 0.3 is 0 Å². The van der Waals surface area contributed by atoms with E-state index >= 15 is 0 Å². The molecular formula is C11H13N3O. The quantitative estimate of drug-likeness (QED) is 0.760. The summed E-state index contributed by atoms with van der Waals surface area (Å²) < 4.78 is 5.06. The zero-order valence-electron chi connectivity index (χ0n) is 8.82. The molecule has 0 unspecified atom stereocenters. The molecule has 0 saturated heterocycles. The van der Waals surface area contributed by atoms with Gasteiger partial charge in [0.15, 0.2) is 0 Å². The van der Waals surface area contributed by atoms with Crippen molar-refractivity contribution in [2.24, 2.45) is 0 Å². The summed E-state index contributed by atoms with van der Waals surface area (Å²) >= 11 is 0. The molecule has 0 bridgehead atoms. The van der Waals surface area contributed by atoms with Gasteiger partial charge < -0.3 is 10.3 Å². The summed E-state index contributed by atoms with van der Waals surface area (Å²) in [7, 11) is 0. The van der Waals surface area contributed by atoms with Crippen LogP contribution in [0.3, 0.4) is 0 Å².